The van der Waals surface area contributed by atoms with Gasteiger partial charge in [-0.05, 0) is 36.6 Å². The lowest BCUT2D eigenvalue weighted by Crippen LogP contribution is -2.41. The minimum Gasteiger partial charge on any atom is -0.448 e. The highest BCUT2D eigenvalue weighted by atomic mass is 35.5. The normalized spacial score (nSPS) is 19.9. The van der Waals surface area contributed by atoms with Crippen molar-refractivity contribution in [1.82, 2.24) is 5.32 Å². The molecular formula is C12H18ClNO2. The maximum Gasteiger partial charge on any atom is 0.193 e. The van der Waals surface area contributed by atoms with Gasteiger partial charge in [-0.15, -0.1) is 0 Å². The van der Waals surface area contributed by atoms with Gasteiger partial charge < -0.3 is 14.8 Å². The van der Waals surface area contributed by atoms with Crippen molar-refractivity contribution >= 4 is 11.6 Å². The van der Waals surface area contributed by atoms with Crippen molar-refractivity contribution in [3.05, 3.63) is 23.1 Å². The molecule has 16 heavy (non-hydrogen) atoms. The fourth-order valence-corrected chi connectivity index (χ4v) is 2.41. The fraction of sp³-hybridized carbons (Fsp3) is 0.667. The van der Waals surface area contributed by atoms with Crippen LogP contribution >= 0.6 is 11.6 Å². The molecule has 2 N–H and O–H groups in total. The predicted octanol–water partition coefficient (Wildman–Crippen LogP) is 2.72. The molecule has 1 aliphatic carbocycles. The molecule has 1 aromatic rings. The van der Waals surface area contributed by atoms with Crippen LogP contribution in [0.5, 0.6) is 0 Å². The van der Waals surface area contributed by atoms with Crippen LogP contribution in [0.3, 0.4) is 0 Å². The lowest BCUT2D eigenvalue weighted by molar-refractivity contribution is 0.00439. The highest BCUT2D eigenvalue weighted by Crippen LogP contribution is 2.27. The molecule has 1 aromatic heterocycles. The Balaban J connectivity index is 1.74. The minimum atomic E-state index is -0.519. The van der Waals surface area contributed by atoms with Crippen LogP contribution in [-0.4, -0.2) is 17.3 Å². The molecule has 4 heteroatoms. The molecule has 0 aromatic carbocycles. The molecule has 0 amide bonds. The van der Waals surface area contributed by atoms with Gasteiger partial charge in [0, 0.05) is 6.54 Å². The highest BCUT2D eigenvalue weighted by Gasteiger charge is 2.28. The summed E-state index contributed by atoms with van der Waals surface area (Å²) in [7, 11) is 0. The van der Waals surface area contributed by atoms with Crippen LogP contribution < -0.4 is 5.32 Å². The summed E-state index contributed by atoms with van der Waals surface area (Å²) in [6, 6.07) is 3.58. The Morgan fingerprint density at radius 3 is 2.69 bits per heavy atom. The number of aliphatic hydroxyl groups is 1. The summed E-state index contributed by atoms with van der Waals surface area (Å²) < 4.78 is 5.23. The second kappa shape index (κ2) is 5.21. The molecule has 0 aliphatic heterocycles. The van der Waals surface area contributed by atoms with Crippen molar-refractivity contribution in [2.45, 2.75) is 44.2 Å². The number of nitrogens with one attached hydrogen (secondary N) is 1. The summed E-state index contributed by atoms with van der Waals surface area (Å²) in [5.74, 6) is 0.810. The SMILES string of the molecule is OC1(CNCc2ccc(Cl)o2)CCCCC1. The van der Waals surface area contributed by atoms with E-state index in [1.807, 2.05) is 6.07 Å². The van der Waals surface area contributed by atoms with Crippen LogP contribution in [0.4, 0.5) is 0 Å². The van der Waals surface area contributed by atoms with Crippen molar-refractivity contribution < 1.29 is 9.52 Å². The largest absolute Gasteiger partial charge is 0.448 e. The average molecular weight is 244 g/mol. The van der Waals surface area contributed by atoms with Crippen molar-refractivity contribution in [3.8, 4) is 0 Å². The quantitative estimate of drug-likeness (QED) is 0.855. The molecule has 3 nitrogen and oxygen atoms in total. The topological polar surface area (TPSA) is 45.4 Å². The highest BCUT2D eigenvalue weighted by molar-refractivity contribution is 6.28. The van der Waals surface area contributed by atoms with E-state index in [0.29, 0.717) is 18.3 Å². The standard InChI is InChI=1S/C12H18ClNO2/c13-11-5-4-10(16-11)8-14-9-12(15)6-2-1-3-7-12/h4-5,14-15H,1-3,6-9H2. The van der Waals surface area contributed by atoms with E-state index in [1.165, 1.54) is 6.42 Å². The van der Waals surface area contributed by atoms with E-state index in [0.717, 1.165) is 31.4 Å². The van der Waals surface area contributed by atoms with Crippen LogP contribution in [-0.2, 0) is 6.54 Å². The van der Waals surface area contributed by atoms with Crippen molar-refractivity contribution in [2.75, 3.05) is 6.54 Å². The molecule has 0 saturated heterocycles. The third kappa shape index (κ3) is 3.24. The zero-order valence-corrected chi connectivity index (χ0v) is 10.1. The van der Waals surface area contributed by atoms with Gasteiger partial charge in [0.25, 0.3) is 0 Å². The maximum absolute atomic E-state index is 10.2. The van der Waals surface area contributed by atoms with Gasteiger partial charge >= 0.3 is 0 Å². The van der Waals surface area contributed by atoms with E-state index >= 15 is 0 Å². The molecule has 1 fully saturated rings. The molecule has 0 atom stereocenters. The Labute approximate surface area is 101 Å². The number of halogens is 1. The van der Waals surface area contributed by atoms with Gasteiger partial charge in [0.15, 0.2) is 5.22 Å². The Morgan fingerprint density at radius 2 is 2.06 bits per heavy atom. The van der Waals surface area contributed by atoms with Crippen LogP contribution in [0, 0.1) is 0 Å². The third-order valence-corrected chi connectivity index (χ3v) is 3.37. The lowest BCUT2D eigenvalue weighted by Gasteiger charge is -2.32. The summed E-state index contributed by atoms with van der Waals surface area (Å²) in [5.41, 5.74) is -0.519. The fourth-order valence-electron chi connectivity index (χ4n) is 2.25. The minimum absolute atomic E-state index is 0.410. The number of hydrogen-bond acceptors (Lipinski definition) is 3. The van der Waals surface area contributed by atoms with Gasteiger partial charge in [-0.3, -0.25) is 0 Å². The van der Waals surface area contributed by atoms with Gasteiger partial charge in [-0.1, -0.05) is 19.3 Å². The van der Waals surface area contributed by atoms with Crippen LogP contribution in [0.15, 0.2) is 16.5 Å². The van der Waals surface area contributed by atoms with Gasteiger partial charge in [-0.25, -0.2) is 0 Å². The zero-order valence-electron chi connectivity index (χ0n) is 9.34. The smallest absolute Gasteiger partial charge is 0.193 e. The first-order valence-corrected chi connectivity index (χ1v) is 6.23. The molecule has 90 valence electrons. The Hall–Kier alpha value is -0.510. The number of hydrogen-bond donors (Lipinski definition) is 2. The summed E-state index contributed by atoms with van der Waals surface area (Å²) in [5, 5.41) is 13.9. The third-order valence-electron chi connectivity index (χ3n) is 3.17. The second-order valence-corrected chi connectivity index (χ2v) is 4.97. The van der Waals surface area contributed by atoms with E-state index in [-0.39, 0.29) is 0 Å². The van der Waals surface area contributed by atoms with Gasteiger partial charge in [0.05, 0.1) is 12.1 Å². The summed E-state index contributed by atoms with van der Waals surface area (Å²) in [4.78, 5) is 0. The molecule has 0 radical (unpaired) electrons. The number of furan rings is 1. The summed E-state index contributed by atoms with van der Waals surface area (Å²) in [6.45, 7) is 1.25. The van der Waals surface area contributed by atoms with Crippen LogP contribution in [0.25, 0.3) is 0 Å². The van der Waals surface area contributed by atoms with Gasteiger partial charge in [0.2, 0.25) is 0 Å². The first-order valence-electron chi connectivity index (χ1n) is 5.85. The Bertz CT molecular complexity index is 332. The van der Waals surface area contributed by atoms with Gasteiger partial charge in [-0.2, -0.15) is 0 Å². The Morgan fingerprint density at radius 1 is 1.31 bits per heavy atom. The van der Waals surface area contributed by atoms with E-state index in [1.54, 1.807) is 6.07 Å². The average Bonchev–Trinajstić information content (AvgIpc) is 2.65. The summed E-state index contributed by atoms with van der Waals surface area (Å²) >= 11 is 5.67. The first kappa shape index (κ1) is 12.0. The maximum atomic E-state index is 10.2. The Kier molecular flexibility index (Phi) is 3.90. The summed E-state index contributed by atoms with van der Waals surface area (Å²) in [6.07, 6.45) is 5.31. The predicted molar refractivity (Wildman–Crippen MR) is 63.5 cm³/mol. The van der Waals surface area contributed by atoms with Crippen molar-refractivity contribution in [3.63, 3.8) is 0 Å². The molecule has 1 heterocycles. The second-order valence-electron chi connectivity index (χ2n) is 4.59. The molecule has 1 saturated carbocycles. The van der Waals surface area contributed by atoms with E-state index in [9.17, 15) is 5.11 Å². The van der Waals surface area contributed by atoms with E-state index in [2.05, 4.69) is 5.32 Å². The van der Waals surface area contributed by atoms with Crippen molar-refractivity contribution in [2.24, 2.45) is 0 Å². The lowest BCUT2D eigenvalue weighted by atomic mass is 9.85. The molecule has 2 rings (SSSR count). The first-order chi connectivity index (χ1) is 7.68. The molecule has 0 spiro atoms. The monoisotopic (exact) mass is 243 g/mol. The van der Waals surface area contributed by atoms with Crippen LogP contribution in [0.2, 0.25) is 5.22 Å². The van der Waals surface area contributed by atoms with E-state index in [4.69, 9.17) is 16.0 Å². The zero-order chi connectivity index (χ0) is 11.4. The van der Waals surface area contributed by atoms with E-state index < -0.39 is 5.60 Å². The molecule has 0 unspecified atom stereocenters. The van der Waals surface area contributed by atoms with Gasteiger partial charge in [0.1, 0.15) is 5.76 Å². The van der Waals surface area contributed by atoms with Crippen molar-refractivity contribution in [1.29, 1.82) is 0 Å². The van der Waals surface area contributed by atoms with Crippen LogP contribution in [0.1, 0.15) is 37.9 Å². The molecule has 1 aliphatic rings. The number of rotatable bonds is 4. The molecular weight excluding hydrogens is 226 g/mol. The molecule has 0 bridgehead atoms.